The second kappa shape index (κ2) is 10.9. The minimum atomic E-state index is -0.317. The molecule has 2 aromatic carbocycles. The molecule has 0 aliphatic rings. The predicted octanol–water partition coefficient (Wildman–Crippen LogP) is 3.90. The number of nitrogens with zero attached hydrogens (tertiary/aromatic N) is 1. The van der Waals surface area contributed by atoms with Gasteiger partial charge < -0.3 is 18.9 Å². The van der Waals surface area contributed by atoms with E-state index in [0.29, 0.717) is 40.9 Å². The van der Waals surface area contributed by atoms with Crippen LogP contribution >= 0.6 is 0 Å². The van der Waals surface area contributed by atoms with Crippen LogP contribution in [0.4, 0.5) is 0 Å². The lowest BCUT2D eigenvalue weighted by molar-refractivity contribution is 0.0955. The minimum absolute atomic E-state index is 0.317. The molecule has 0 spiro atoms. The van der Waals surface area contributed by atoms with E-state index in [-0.39, 0.29) is 5.91 Å². The molecule has 0 atom stereocenters. The van der Waals surface area contributed by atoms with Gasteiger partial charge in [-0.05, 0) is 48.7 Å². The average Bonchev–Trinajstić information content (AvgIpc) is 2.73. The zero-order valence-corrected chi connectivity index (χ0v) is 17.5. The van der Waals surface area contributed by atoms with E-state index < -0.39 is 0 Å². The summed E-state index contributed by atoms with van der Waals surface area (Å²) in [7, 11) is 4.61. The molecular weight excluding hydrogens is 372 g/mol. The van der Waals surface area contributed by atoms with E-state index in [4.69, 9.17) is 18.9 Å². The van der Waals surface area contributed by atoms with Gasteiger partial charge in [0.1, 0.15) is 5.75 Å². The van der Waals surface area contributed by atoms with Gasteiger partial charge in [0.15, 0.2) is 11.5 Å². The summed E-state index contributed by atoms with van der Waals surface area (Å²) in [6.07, 6.45) is 2.49. The van der Waals surface area contributed by atoms with Crippen molar-refractivity contribution in [2.75, 3.05) is 27.9 Å². The highest BCUT2D eigenvalue weighted by Crippen LogP contribution is 2.37. The molecule has 0 unspecified atom stereocenters. The maximum absolute atomic E-state index is 12.3. The first-order valence-electron chi connectivity index (χ1n) is 9.34. The Hall–Kier alpha value is -3.22. The SMILES string of the molecule is COc1cc(/C=N/NC(=O)c2ccc(OCCC(C)C)cc2)cc(OC)c1OC. The van der Waals surface area contributed by atoms with Crippen LogP contribution in [0.15, 0.2) is 41.5 Å². The number of hydrazone groups is 1. The normalized spacial score (nSPS) is 10.8. The third-order valence-corrected chi connectivity index (χ3v) is 4.15. The van der Waals surface area contributed by atoms with Crippen molar-refractivity contribution in [2.24, 2.45) is 11.0 Å². The molecule has 0 aliphatic heterocycles. The Morgan fingerprint density at radius 2 is 1.66 bits per heavy atom. The molecule has 1 amide bonds. The molecule has 2 rings (SSSR count). The molecule has 2 aromatic rings. The number of benzene rings is 2. The van der Waals surface area contributed by atoms with Crippen LogP contribution in [0.1, 0.15) is 36.2 Å². The van der Waals surface area contributed by atoms with Crippen LogP contribution in [-0.2, 0) is 0 Å². The predicted molar refractivity (Wildman–Crippen MR) is 113 cm³/mol. The number of carbonyl (C=O) groups is 1. The second-order valence-corrected chi connectivity index (χ2v) is 6.71. The number of amides is 1. The Morgan fingerprint density at radius 3 is 2.17 bits per heavy atom. The molecule has 0 saturated heterocycles. The molecule has 0 radical (unpaired) electrons. The van der Waals surface area contributed by atoms with Gasteiger partial charge in [-0.25, -0.2) is 5.43 Å². The van der Waals surface area contributed by atoms with Crippen molar-refractivity contribution in [3.8, 4) is 23.0 Å². The van der Waals surface area contributed by atoms with E-state index in [1.165, 1.54) is 27.5 Å². The van der Waals surface area contributed by atoms with Crippen molar-refractivity contribution in [3.63, 3.8) is 0 Å². The Bertz CT molecular complexity index is 807. The number of ether oxygens (including phenoxy) is 4. The standard InChI is InChI=1S/C22H28N2O5/c1-15(2)10-11-29-18-8-6-17(7-9-18)22(25)24-23-14-16-12-19(26-3)21(28-5)20(13-16)27-4/h6-9,12-15H,10-11H2,1-5H3,(H,24,25)/b23-14+. The molecule has 29 heavy (non-hydrogen) atoms. The number of hydrogen-bond donors (Lipinski definition) is 1. The fraction of sp³-hybridized carbons (Fsp3) is 0.364. The summed E-state index contributed by atoms with van der Waals surface area (Å²) in [5, 5.41) is 4.01. The molecular formula is C22H28N2O5. The summed E-state index contributed by atoms with van der Waals surface area (Å²) < 4.78 is 21.5. The van der Waals surface area contributed by atoms with Gasteiger partial charge in [0.05, 0.1) is 34.2 Å². The number of methoxy groups -OCH3 is 3. The fourth-order valence-corrected chi connectivity index (χ4v) is 2.52. The number of nitrogens with one attached hydrogen (secondary N) is 1. The molecule has 0 heterocycles. The summed E-state index contributed by atoms with van der Waals surface area (Å²) in [5.41, 5.74) is 3.68. The first kappa shape index (κ1) is 22.1. The maximum Gasteiger partial charge on any atom is 0.271 e. The van der Waals surface area contributed by atoms with E-state index in [1.807, 2.05) is 0 Å². The largest absolute Gasteiger partial charge is 0.494 e. The van der Waals surface area contributed by atoms with Gasteiger partial charge in [-0.2, -0.15) is 5.10 Å². The van der Waals surface area contributed by atoms with Gasteiger partial charge in [0, 0.05) is 11.1 Å². The quantitative estimate of drug-likeness (QED) is 0.483. The zero-order chi connectivity index (χ0) is 21.2. The van der Waals surface area contributed by atoms with Crippen molar-refractivity contribution < 1.29 is 23.7 Å². The monoisotopic (exact) mass is 400 g/mol. The van der Waals surface area contributed by atoms with Crippen LogP contribution < -0.4 is 24.4 Å². The first-order valence-corrected chi connectivity index (χ1v) is 9.34. The van der Waals surface area contributed by atoms with Crippen molar-refractivity contribution in [3.05, 3.63) is 47.5 Å². The van der Waals surface area contributed by atoms with Crippen molar-refractivity contribution in [1.82, 2.24) is 5.43 Å². The Kier molecular flexibility index (Phi) is 8.33. The highest BCUT2D eigenvalue weighted by molar-refractivity contribution is 5.95. The van der Waals surface area contributed by atoms with Crippen LogP contribution in [0.2, 0.25) is 0 Å². The summed E-state index contributed by atoms with van der Waals surface area (Å²) in [5.74, 6) is 2.52. The van der Waals surface area contributed by atoms with Crippen LogP contribution in [0.25, 0.3) is 0 Å². The van der Waals surface area contributed by atoms with Gasteiger partial charge in [0.2, 0.25) is 5.75 Å². The molecule has 0 aliphatic carbocycles. The molecule has 156 valence electrons. The van der Waals surface area contributed by atoms with Crippen molar-refractivity contribution in [1.29, 1.82) is 0 Å². The van der Waals surface area contributed by atoms with E-state index >= 15 is 0 Å². The van der Waals surface area contributed by atoms with Crippen molar-refractivity contribution >= 4 is 12.1 Å². The van der Waals surface area contributed by atoms with E-state index in [0.717, 1.165) is 12.2 Å². The second-order valence-electron chi connectivity index (χ2n) is 6.71. The lowest BCUT2D eigenvalue weighted by atomic mass is 10.1. The van der Waals surface area contributed by atoms with Gasteiger partial charge in [-0.3, -0.25) is 4.79 Å². The van der Waals surface area contributed by atoms with Gasteiger partial charge in [-0.15, -0.1) is 0 Å². The van der Waals surface area contributed by atoms with Gasteiger partial charge in [-0.1, -0.05) is 13.8 Å². The van der Waals surface area contributed by atoms with Gasteiger partial charge in [0.25, 0.3) is 5.91 Å². The van der Waals surface area contributed by atoms with Crippen molar-refractivity contribution in [2.45, 2.75) is 20.3 Å². The number of rotatable bonds is 10. The van der Waals surface area contributed by atoms with E-state index in [1.54, 1.807) is 36.4 Å². The van der Waals surface area contributed by atoms with Gasteiger partial charge >= 0.3 is 0 Å². The van der Waals surface area contributed by atoms with Crippen LogP contribution in [0.5, 0.6) is 23.0 Å². The lowest BCUT2D eigenvalue weighted by Crippen LogP contribution is -2.17. The Morgan fingerprint density at radius 1 is 1.03 bits per heavy atom. The fourth-order valence-electron chi connectivity index (χ4n) is 2.52. The minimum Gasteiger partial charge on any atom is -0.494 e. The molecule has 7 nitrogen and oxygen atoms in total. The first-order chi connectivity index (χ1) is 14.0. The molecule has 0 bridgehead atoms. The van der Waals surface area contributed by atoms with E-state index in [2.05, 4.69) is 24.4 Å². The third kappa shape index (κ3) is 6.41. The summed E-state index contributed by atoms with van der Waals surface area (Å²) in [6.45, 7) is 4.95. The van der Waals surface area contributed by atoms with Crippen LogP contribution in [0.3, 0.4) is 0 Å². The number of hydrogen-bond acceptors (Lipinski definition) is 6. The summed E-state index contributed by atoms with van der Waals surface area (Å²) >= 11 is 0. The molecule has 7 heteroatoms. The molecule has 0 fully saturated rings. The average molecular weight is 400 g/mol. The molecule has 0 saturated carbocycles. The van der Waals surface area contributed by atoms with Crippen LogP contribution in [0, 0.1) is 5.92 Å². The maximum atomic E-state index is 12.3. The number of carbonyl (C=O) groups excluding carboxylic acids is 1. The Balaban J connectivity index is 1.99. The highest BCUT2D eigenvalue weighted by Gasteiger charge is 2.12. The topological polar surface area (TPSA) is 78.4 Å². The summed E-state index contributed by atoms with van der Waals surface area (Å²) in [6, 6.07) is 10.4. The highest BCUT2D eigenvalue weighted by atomic mass is 16.5. The summed E-state index contributed by atoms with van der Waals surface area (Å²) in [4.78, 5) is 12.3. The molecule has 1 N–H and O–H groups in total. The molecule has 0 aromatic heterocycles. The smallest absolute Gasteiger partial charge is 0.271 e. The Labute approximate surface area is 171 Å². The zero-order valence-electron chi connectivity index (χ0n) is 17.5. The third-order valence-electron chi connectivity index (χ3n) is 4.15. The van der Waals surface area contributed by atoms with Crippen LogP contribution in [-0.4, -0.2) is 40.1 Å². The van der Waals surface area contributed by atoms with E-state index in [9.17, 15) is 4.79 Å². The lowest BCUT2D eigenvalue weighted by Gasteiger charge is -2.12.